The summed E-state index contributed by atoms with van der Waals surface area (Å²) in [4.78, 5) is 17.5. The molecule has 0 unspecified atom stereocenters. The maximum Gasteiger partial charge on any atom is 0.408 e. The fourth-order valence-corrected chi connectivity index (χ4v) is 4.78. The highest BCUT2D eigenvalue weighted by atomic mass is 16.6. The molecule has 0 aliphatic heterocycles. The highest BCUT2D eigenvalue weighted by molar-refractivity contribution is 5.82. The molecule has 1 aliphatic carbocycles. The normalized spacial score (nSPS) is 15.0. The fraction of sp³-hybridized carbons (Fsp3) is 0.310. The smallest absolute Gasteiger partial charge is 0.408 e. The Morgan fingerprint density at radius 1 is 1.03 bits per heavy atom. The number of amides is 1. The highest BCUT2D eigenvalue weighted by Gasteiger charge is 2.41. The average Bonchev–Trinajstić information content (AvgIpc) is 3.21. The van der Waals surface area contributed by atoms with Gasteiger partial charge in [-0.15, -0.1) is 0 Å². The Morgan fingerprint density at radius 3 is 2.34 bits per heavy atom. The summed E-state index contributed by atoms with van der Waals surface area (Å²) in [7, 11) is 0. The third kappa shape index (κ3) is 4.42. The van der Waals surface area contributed by atoms with E-state index in [2.05, 4.69) is 41.7 Å². The molecule has 0 spiro atoms. The van der Waals surface area contributed by atoms with Crippen LogP contribution < -0.4 is 5.32 Å². The molecule has 6 heteroatoms. The van der Waals surface area contributed by atoms with Crippen molar-refractivity contribution in [2.24, 2.45) is 0 Å². The van der Waals surface area contributed by atoms with Crippen LogP contribution in [0.25, 0.3) is 28.2 Å². The number of alkyl carbamates (subject to hydrolysis) is 1. The Hall–Kier alpha value is -3.64. The minimum atomic E-state index is -0.538. The number of benzene rings is 2. The van der Waals surface area contributed by atoms with Crippen LogP contribution in [0.3, 0.4) is 0 Å². The standard InChI is InChI=1S/C29H31N3O3/c1-28(2,3)35-27(34)31-29(16-8-17-29)23-14-12-20(13-15-23)24-25(21-9-5-4-6-10-21)32-18-7-11-22(19-33)26(32)30-24/h4-7,9-15,18,33H,8,16-17,19H2,1-3H3,(H,31,34). The van der Waals surface area contributed by atoms with Gasteiger partial charge in [0, 0.05) is 22.9 Å². The summed E-state index contributed by atoms with van der Waals surface area (Å²) in [6.07, 6.45) is 4.43. The molecule has 1 saturated carbocycles. The average molecular weight is 470 g/mol. The van der Waals surface area contributed by atoms with Gasteiger partial charge in [0.15, 0.2) is 0 Å². The van der Waals surface area contributed by atoms with Crippen molar-refractivity contribution < 1.29 is 14.6 Å². The molecular formula is C29H31N3O3. The Kier molecular flexibility index (Phi) is 5.85. The van der Waals surface area contributed by atoms with Gasteiger partial charge in [0.25, 0.3) is 0 Å². The summed E-state index contributed by atoms with van der Waals surface area (Å²) in [5.41, 5.74) is 5.52. The fourth-order valence-electron chi connectivity index (χ4n) is 4.78. The molecule has 2 N–H and O–H groups in total. The second-order valence-electron chi connectivity index (χ2n) is 10.2. The molecule has 4 aromatic rings. The summed E-state index contributed by atoms with van der Waals surface area (Å²) in [6, 6.07) is 22.3. The first-order chi connectivity index (χ1) is 16.8. The van der Waals surface area contributed by atoms with Crippen LogP contribution in [-0.2, 0) is 16.9 Å². The molecule has 6 nitrogen and oxygen atoms in total. The third-order valence-electron chi connectivity index (χ3n) is 6.61. The number of aliphatic hydroxyl groups excluding tert-OH is 1. The van der Waals surface area contributed by atoms with Gasteiger partial charge in [-0.1, -0.05) is 60.7 Å². The summed E-state index contributed by atoms with van der Waals surface area (Å²) in [5, 5.41) is 13.0. The van der Waals surface area contributed by atoms with E-state index in [0.717, 1.165) is 58.6 Å². The van der Waals surface area contributed by atoms with Gasteiger partial charge < -0.3 is 15.2 Å². The molecule has 180 valence electrons. The van der Waals surface area contributed by atoms with E-state index in [1.807, 2.05) is 61.7 Å². The molecular weight excluding hydrogens is 438 g/mol. The summed E-state index contributed by atoms with van der Waals surface area (Å²) in [6.45, 7) is 5.54. The van der Waals surface area contributed by atoms with E-state index in [1.54, 1.807) is 0 Å². The van der Waals surface area contributed by atoms with Gasteiger partial charge in [-0.05, 0) is 51.7 Å². The molecule has 0 radical (unpaired) electrons. The van der Waals surface area contributed by atoms with Crippen LogP contribution >= 0.6 is 0 Å². The molecule has 1 fully saturated rings. The van der Waals surface area contributed by atoms with Crippen molar-refractivity contribution in [3.8, 4) is 22.5 Å². The number of ether oxygens (including phenoxy) is 1. The Labute approximate surface area is 205 Å². The molecule has 35 heavy (non-hydrogen) atoms. The number of imidazole rings is 1. The minimum absolute atomic E-state index is 0.0766. The number of nitrogens with one attached hydrogen (secondary N) is 1. The number of nitrogens with zero attached hydrogens (tertiary/aromatic N) is 2. The highest BCUT2D eigenvalue weighted by Crippen LogP contribution is 2.42. The zero-order valence-electron chi connectivity index (χ0n) is 20.4. The lowest BCUT2D eigenvalue weighted by atomic mass is 9.71. The number of rotatable bonds is 5. The van der Waals surface area contributed by atoms with Gasteiger partial charge >= 0.3 is 6.09 Å². The van der Waals surface area contributed by atoms with E-state index < -0.39 is 11.1 Å². The van der Waals surface area contributed by atoms with E-state index in [1.165, 1.54) is 0 Å². The van der Waals surface area contributed by atoms with Crippen LogP contribution in [0.4, 0.5) is 4.79 Å². The Morgan fingerprint density at radius 2 is 1.74 bits per heavy atom. The van der Waals surface area contributed by atoms with Crippen LogP contribution in [0.15, 0.2) is 72.9 Å². The maximum absolute atomic E-state index is 12.5. The van der Waals surface area contributed by atoms with Crippen molar-refractivity contribution >= 4 is 11.7 Å². The van der Waals surface area contributed by atoms with Gasteiger partial charge in [-0.3, -0.25) is 4.40 Å². The molecule has 2 heterocycles. The first-order valence-corrected chi connectivity index (χ1v) is 12.1. The van der Waals surface area contributed by atoms with E-state index in [0.29, 0.717) is 0 Å². The first kappa shape index (κ1) is 23.1. The van der Waals surface area contributed by atoms with Crippen molar-refractivity contribution in [1.29, 1.82) is 0 Å². The minimum Gasteiger partial charge on any atom is -0.444 e. The Balaban J connectivity index is 1.54. The molecule has 1 amide bonds. The summed E-state index contributed by atoms with van der Waals surface area (Å²) < 4.78 is 7.56. The molecule has 2 aromatic heterocycles. The number of pyridine rings is 1. The topological polar surface area (TPSA) is 75.9 Å². The number of hydrogen-bond donors (Lipinski definition) is 2. The van der Waals surface area contributed by atoms with Gasteiger partial charge in [0.1, 0.15) is 11.2 Å². The van der Waals surface area contributed by atoms with Crippen molar-refractivity contribution in [2.75, 3.05) is 0 Å². The van der Waals surface area contributed by atoms with E-state index in [9.17, 15) is 9.90 Å². The second-order valence-corrected chi connectivity index (χ2v) is 10.2. The SMILES string of the molecule is CC(C)(C)OC(=O)NC1(c2ccc(-c3nc4c(CO)cccn4c3-c3ccccc3)cc2)CCC1. The van der Waals surface area contributed by atoms with Crippen LogP contribution in [-0.4, -0.2) is 26.2 Å². The number of hydrogen-bond acceptors (Lipinski definition) is 4. The zero-order chi connectivity index (χ0) is 24.6. The van der Waals surface area contributed by atoms with E-state index in [-0.39, 0.29) is 12.7 Å². The molecule has 0 bridgehead atoms. The lowest BCUT2D eigenvalue weighted by molar-refractivity contribution is 0.0377. The van der Waals surface area contributed by atoms with Crippen molar-refractivity contribution in [3.05, 3.63) is 84.1 Å². The van der Waals surface area contributed by atoms with Crippen molar-refractivity contribution in [2.45, 2.75) is 57.8 Å². The van der Waals surface area contributed by atoms with Gasteiger partial charge in [-0.25, -0.2) is 9.78 Å². The van der Waals surface area contributed by atoms with Crippen LogP contribution in [0, 0.1) is 0 Å². The zero-order valence-corrected chi connectivity index (χ0v) is 20.4. The number of fused-ring (bicyclic) bond motifs is 1. The monoisotopic (exact) mass is 469 g/mol. The van der Waals surface area contributed by atoms with Gasteiger partial charge in [0.05, 0.1) is 23.5 Å². The van der Waals surface area contributed by atoms with Crippen molar-refractivity contribution in [3.63, 3.8) is 0 Å². The molecule has 2 aromatic carbocycles. The molecule has 5 rings (SSSR count). The van der Waals surface area contributed by atoms with Crippen molar-refractivity contribution in [1.82, 2.24) is 14.7 Å². The number of aliphatic hydroxyl groups is 1. The quantitative estimate of drug-likeness (QED) is 0.372. The van der Waals surface area contributed by atoms with Crippen LogP contribution in [0.1, 0.15) is 51.2 Å². The summed E-state index contributed by atoms with van der Waals surface area (Å²) >= 11 is 0. The summed E-state index contributed by atoms with van der Waals surface area (Å²) in [5.74, 6) is 0. The first-order valence-electron chi connectivity index (χ1n) is 12.1. The molecule has 0 saturated heterocycles. The predicted octanol–water partition coefficient (Wildman–Crippen LogP) is 6.06. The van der Waals surface area contributed by atoms with Crippen LogP contribution in [0.2, 0.25) is 0 Å². The number of aromatic nitrogens is 2. The van der Waals surface area contributed by atoms with Gasteiger partial charge in [-0.2, -0.15) is 0 Å². The van der Waals surface area contributed by atoms with Gasteiger partial charge in [0.2, 0.25) is 0 Å². The lowest BCUT2D eigenvalue weighted by Crippen LogP contribution is -2.52. The largest absolute Gasteiger partial charge is 0.444 e. The van der Waals surface area contributed by atoms with E-state index >= 15 is 0 Å². The van der Waals surface area contributed by atoms with Crippen LogP contribution in [0.5, 0.6) is 0 Å². The number of carbonyl (C=O) groups is 1. The number of carbonyl (C=O) groups excluding carboxylic acids is 1. The molecule has 1 aliphatic rings. The molecule has 0 atom stereocenters. The second kappa shape index (κ2) is 8.86. The van der Waals surface area contributed by atoms with E-state index in [4.69, 9.17) is 9.72 Å². The third-order valence-corrected chi connectivity index (χ3v) is 6.61. The predicted molar refractivity (Wildman–Crippen MR) is 137 cm³/mol. The Bertz CT molecular complexity index is 1350. The maximum atomic E-state index is 12.5. The lowest BCUT2D eigenvalue weighted by Gasteiger charge is -2.43.